The highest BCUT2D eigenvalue weighted by molar-refractivity contribution is 6.05. The summed E-state index contributed by atoms with van der Waals surface area (Å²) in [6.07, 6.45) is 2.45. The molecule has 0 spiro atoms. The van der Waals surface area contributed by atoms with Crippen molar-refractivity contribution >= 4 is 69.3 Å². The van der Waals surface area contributed by atoms with Gasteiger partial charge in [-0.25, -0.2) is 14.8 Å². The number of carboxylic acids is 2. The maximum absolute atomic E-state index is 15.0. The smallest absolute Gasteiger partial charge is 0.326 e. The van der Waals surface area contributed by atoms with Crippen molar-refractivity contribution < 1.29 is 58.8 Å². The van der Waals surface area contributed by atoms with Crippen LogP contribution in [0.4, 0.5) is 0 Å². The summed E-state index contributed by atoms with van der Waals surface area (Å²) in [7, 11) is 0. The van der Waals surface area contributed by atoms with Gasteiger partial charge in [-0.2, -0.15) is 0 Å². The van der Waals surface area contributed by atoms with E-state index < -0.39 is 109 Å². The quantitative estimate of drug-likeness (QED) is 0.0341. The Morgan fingerprint density at radius 2 is 1.31 bits per heavy atom. The summed E-state index contributed by atoms with van der Waals surface area (Å²) in [5.41, 5.74) is 15.5. The highest BCUT2D eigenvalue weighted by Crippen LogP contribution is 2.22. The van der Waals surface area contributed by atoms with Gasteiger partial charge in [-0.3, -0.25) is 38.5 Å². The van der Waals surface area contributed by atoms with Gasteiger partial charge in [-0.15, -0.1) is 0 Å². The van der Waals surface area contributed by atoms with Crippen molar-refractivity contribution in [1.29, 1.82) is 0 Å². The summed E-state index contributed by atoms with van der Waals surface area (Å²) in [4.78, 5) is 128. The van der Waals surface area contributed by atoms with Crippen LogP contribution in [0.2, 0.25) is 0 Å². The van der Waals surface area contributed by atoms with Crippen LogP contribution in [-0.2, 0) is 64.0 Å². The molecule has 392 valence electrons. The number of aliphatic hydroxyl groups excluding tert-OH is 1. The van der Waals surface area contributed by atoms with Crippen molar-refractivity contribution in [2.24, 2.45) is 17.4 Å². The molecule has 0 bridgehead atoms. The van der Waals surface area contributed by atoms with Crippen LogP contribution >= 0.6 is 0 Å². The number of carboxylic acid groups (broad SMARTS) is 2. The molecule has 6 rings (SSSR count). The summed E-state index contributed by atoms with van der Waals surface area (Å²) >= 11 is 0. The summed E-state index contributed by atoms with van der Waals surface area (Å²) in [6.45, 7) is 2.30. The number of aliphatic carboxylic acids is 2. The fourth-order valence-electron chi connectivity index (χ4n) is 8.24. The number of nitrogens with one attached hydrogen (secondary N) is 7. The van der Waals surface area contributed by atoms with E-state index in [1.165, 1.54) is 36.8 Å². The lowest BCUT2D eigenvalue weighted by atomic mass is 9.98. The molecular weight excluding hydrogens is 961 g/mol. The monoisotopic (exact) mass is 1020 g/mol. The first-order chi connectivity index (χ1) is 35.3. The van der Waals surface area contributed by atoms with Crippen LogP contribution in [0, 0.1) is 5.92 Å². The van der Waals surface area contributed by atoms with Crippen LogP contribution in [0.1, 0.15) is 55.8 Å². The normalized spacial score (nSPS) is 14.2. The van der Waals surface area contributed by atoms with Crippen LogP contribution in [0.3, 0.4) is 0 Å². The molecule has 15 N–H and O–H groups in total. The topological polar surface area (TPSA) is 394 Å². The minimum Gasteiger partial charge on any atom is -0.508 e. The van der Waals surface area contributed by atoms with Crippen molar-refractivity contribution in [3.63, 3.8) is 0 Å². The van der Waals surface area contributed by atoms with E-state index in [1.807, 2.05) is 0 Å². The number of hydrogen-bond acceptors (Lipinski definition) is 14. The number of nitrogens with two attached hydrogens (primary N) is 2. The molecule has 0 saturated carbocycles. The number of aromatic nitrogens is 5. The molecule has 6 aromatic rings. The number of carbonyl (C=O) groups is 8. The summed E-state index contributed by atoms with van der Waals surface area (Å²) in [6, 6.07) is 8.37. The summed E-state index contributed by atoms with van der Waals surface area (Å²) in [5, 5.41) is 51.2. The number of carbonyl (C=O) groups excluding carboxylic acids is 6. The summed E-state index contributed by atoms with van der Waals surface area (Å²) < 4.78 is 0. The third-order valence-electron chi connectivity index (χ3n) is 12.1. The SMILES string of the molecule is CC(C)C[C@@H](C(=O)O)N(C(=O)[C@H](N)Cc1nc2ccccc2[nH]1)C(=O)[C@H](Cc1ccc(O)cc1)NC(=O)[C@H](CO)NC(=O)[C@H](Cc1c[nH]c2ccccc12)NC(=O)[C@H](Cc1c[nH]cn1)NC(=O)[C@@H](N)CCC(=O)O. The van der Waals surface area contributed by atoms with E-state index in [-0.39, 0.29) is 49.6 Å². The third-order valence-corrected chi connectivity index (χ3v) is 12.1. The number of amides is 6. The first kappa shape index (κ1) is 54.8. The van der Waals surface area contributed by atoms with Crippen LogP contribution in [0.25, 0.3) is 21.9 Å². The number of imidazole rings is 2. The first-order valence-corrected chi connectivity index (χ1v) is 23.7. The Morgan fingerprint density at radius 3 is 1.95 bits per heavy atom. The van der Waals surface area contributed by atoms with Crippen molar-refractivity contribution in [2.75, 3.05) is 6.61 Å². The Bertz CT molecular complexity index is 2900. The maximum Gasteiger partial charge on any atom is 0.326 e. The third kappa shape index (κ3) is 14.6. The molecule has 0 aliphatic heterocycles. The molecule has 3 aromatic heterocycles. The number of nitrogens with zero attached hydrogens (tertiary/aromatic N) is 3. The fourth-order valence-corrected chi connectivity index (χ4v) is 8.24. The zero-order valence-electron chi connectivity index (χ0n) is 40.5. The van der Waals surface area contributed by atoms with E-state index in [4.69, 9.17) is 16.6 Å². The Balaban J connectivity index is 1.29. The highest BCUT2D eigenvalue weighted by Gasteiger charge is 2.42. The van der Waals surface area contributed by atoms with Crippen molar-refractivity contribution in [2.45, 2.75) is 101 Å². The molecule has 3 heterocycles. The van der Waals surface area contributed by atoms with Gasteiger partial charge in [0.05, 0.1) is 41.7 Å². The Morgan fingerprint density at radius 1 is 0.689 bits per heavy atom. The number of aromatic amines is 3. The first-order valence-electron chi connectivity index (χ1n) is 23.7. The van der Waals surface area contributed by atoms with E-state index >= 15 is 0 Å². The van der Waals surface area contributed by atoms with Crippen molar-refractivity contribution in [1.82, 2.24) is 51.1 Å². The molecule has 3 aromatic carbocycles. The van der Waals surface area contributed by atoms with Gasteiger partial charge in [0.1, 0.15) is 41.8 Å². The number of phenols is 1. The van der Waals surface area contributed by atoms with Crippen LogP contribution in [-0.4, -0.2) is 147 Å². The lowest BCUT2D eigenvalue weighted by molar-refractivity contribution is -0.160. The zero-order chi connectivity index (χ0) is 53.6. The second-order valence-corrected chi connectivity index (χ2v) is 18.2. The van der Waals surface area contributed by atoms with Crippen LogP contribution in [0.5, 0.6) is 5.75 Å². The average molecular weight is 1020 g/mol. The Labute approximate surface area is 423 Å². The lowest BCUT2D eigenvalue weighted by Crippen LogP contribution is -2.63. The Hall–Kier alpha value is -8.48. The molecule has 24 nitrogen and oxygen atoms in total. The molecule has 0 aliphatic carbocycles. The lowest BCUT2D eigenvalue weighted by Gasteiger charge is -2.33. The number of benzene rings is 3. The standard InChI is InChI=1S/C50H60N12O12/c1-26(2)17-41(50(73)74)62(48(71)33(52)21-42-56-35-9-5-6-10-36(35)57-42)49(72)39(18-27-11-13-30(64)14-12-27)60-47(70)40(24-63)61-45(68)37(19-28-22-54-34-8-4-3-7-31(28)34)59-46(69)38(20-29-23-53-25-55-29)58-44(67)32(51)15-16-43(65)66/h3-14,22-23,25-26,32-33,37-41,54,63-64H,15-21,24,51-52H2,1-2H3,(H,53,55)(H,56,57)(H,58,67)(H,59,69)(H,60,70)(H,61,68)(H,65,66)(H,73,74)/t32-,33+,37-,38-,39-,40-,41-/m0/s1. The van der Waals surface area contributed by atoms with Gasteiger partial charge in [0.15, 0.2) is 0 Å². The predicted molar refractivity (Wildman–Crippen MR) is 266 cm³/mol. The predicted octanol–water partition coefficient (Wildman–Crippen LogP) is 0.0489. The molecule has 0 aliphatic rings. The number of rotatable bonds is 26. The average Bonchev–Trinajstić information content (AvgIpc) is 4.14. The minimum atomic E-state index is -1.85. The molecule has 24 heteroatoms. The second-order valence-electron chi connectivity index (χ2n) is 18.2. The number of fused-ring (bicyclic) bond motifs is 2. The van der Waals surface area contributed by atoms with E-state index in [2.05, 4.69) is 46.2 Å². The number of para-hydroxylation sites is 3. The number of hydrogen-bond donors (Lipinski definition) is 13. The molecular formula is C50H60N12O12. The zero-order valence-corrected chi connectivity index (χ0v) is 40.5. The number of phenolic OH excluding ortho intramolecular Hbond substituents is 1. The Kier molecular flexibility index (Phi) is 18.7. The molecule has 0 unspecified atom stereocenters. The van der Waals surface area contributed by atoms with Crippen LogP contribution in [0.15, 0.2) is 91.5 Å². The number of aromatic hydroxyl groups is 1. The van der Waals surface area contributed by atoms with Crippen molar-refractivity contribution in [3.8, 4) is 5.75 Å². The van der Waals surface area contributed by atoms with E-state index in [9.17, 15) is 53.7 Å². The molecule has 0 fully saturated rings. The van der Waals surface area contributed by atoms with E-state index in [0.717, 1.165) is 0 Å². The van der Waals surface area contributed by atoms with Gasteiger partial charge in [-0.05, 0) is 60.2 Å². The van der Waals surface area contributed by atoms with E-state index in [1.54, 1.807) is 68.6 Å². The van der Waals surface area contributed by atoms with E-state index in [0.29, 0.717) is 43.7 Å². The van der Waals surface area contributed by atoms with Crippen molar-refractivity contribution in [3.05, 3.63) is 114 Å². The minimum absolute atomic E-state index is 0.136. The second kappa shape index (κ2) is 25.3. The molecule has 74 heavy (non-hydrogen) atoms. The van der Waals surface area contributed by atoms with Gasteiger partial charge < -0.3 is 68.1 Å². The number of aliphatic hydroxyl groups is 1. The van der Waals surface area contributed by atoms with Gasteiger partial charge in [0, 0.05) is 55.4 Å². The van der Waals surface area contributed by atoms with Gasteiger partial charge in [0.2, 0.25) is 29.5 Å². The van der Waals surface area contributed by atoms with Gasteiger partial charge in [0.25, 0.3) is 5.91 Å². The largest absolute Gasteiger partial charge is 0.508 e. The van der Waals surface area contributed by atoms with Gasteiger partial charge >= 0.3 is 11.9 Å². The van der Waals surface area contributed by atoms with Gasteiger partial charge in [-0.1, -0.05) is 56.3 Å². The maximum atomic E-state index is 15.0. The highest BCUT2D eigenvalue weighted by atomic mass is 16.4. The number of imide groups is 1. The molecule has 0 saturated heterocycles. The summed E-state index contributed by atoms with van der Waals surface area (Å²) in [5.74, 6) is -9.20. The fraction of sp³-hybridized carbons (Fsp3) is 0.360. The van der Waals surface area contributed by atoms with Crippen LogP contribution < -0.4 is 32.7 Å². The molecule has 7 atom stereocenters. The molecule has 0 radical (unpaired) electrons. The molecule has 6 amide bonds. The number of H-pyrrole nitrogens is 3.